The van der Waals surface area contributed by atoms with Crippen LogP contribution in [0.4, 0.5) is 0 Å². The Kier molecular flexibility index (Phi) is 3.34. The van der Waals surface area contributed by atoms with Crippen molar-refractivity contribution >= 4 is 5.78 Å². The lowest BCUT2D eigenvalue weighted by molar-refractivity contribution is -0.134. The first kappa shape index (κ1) is 12.3. The molecule has 0 aromatic heterocycles. The van der Waals surface area contributed by atoms with E-state index in [0.29, 0.717) is 11.8 Å². The number of Topliss-reactive ketones (excluding diaryl/α,β-unsaturated/α-hetero) is 1. The Morgan fingerprint density at radius 3 is 2.53 bits per heavy atom. The molecular weight excluding hydrogens is 210 g/mol. The maximum Gasteiger partial charge on any atom is 0.152 e. The molecule has 0 spiro atoms. The zero-order valence-electron chi connectivity index (χ0n) is 10.9. The summed E-state index contributed by atoms with van der Waals surface area (Å²) in [6.45, 7) is 7.30. The van der Waals surface area contributed by atoms with Crippen LogP contribution in [0.25, 0.3) is 0 Å². The summed E-state index contributed by atoms with van der Waals surface area (Å²) in [5.41, 5.74) is 0.961. The number of piperidine rings is 1. The van der Waals surface area contributed by atoms with E-state index >= 15 is 0 Å². The number of hydrogen-bond donors (Lipinski definition) is 0. The first-order valence-electron chi connectivity index (χ1n) is 6.38. The summed E-state index contributed by atoms with van der Waals surface area (Å²) in [5.74, 6) is 0.367. The summed E-state index contributed by atoms with van der Waals surface area (Å²) in [5, 5.41) is 0. The van der Waals surface area contributed by atoms with Crippen LogP contribution in [0, 0.1) is 0 Å². The first-order chi connectivity index (χ1) is 8.03. The van der Waals surface area contributed by atoms with Crippen LogP contribution in [0.1, 0.15) is 45.2 Å². The largest absolute Gasteiger partial charge is 0.298 e. The molecule has 1 aliphatic rings. The second-order valence-electron chi connectivity index (χ2n) is 5.37. The van der Waals surface area contributed by atoms with Crippen LogP contribution in [0.2, 0.25) is 0 Å². The minimum absolute atomic E-state index is 0.301. The minimum atomic E-state index is -0.326. The van der Waals surface area contributed by atoms with Gasteiger partial charge in [0.05, 0.1) is 5.54 Å². The van der Waals surface area contributed by atoms with Crippen LogP contribution in [-0.4, -0.2) is 22.8 Å². The quantitative estimate of drug-likeness (QED) is 0.779. The highest BCUT2D eigenvalue weighted by Gasteiger charge is 2.39. The highest BCUT2D eigenvalue weighted by atomic mass is 16.1. The fraction of sp³-hybridized carbons (Fsp3) is 0.533. The van der Waals surface area contributed by atoms with Crippen LogP contribution in [0.15, 0.2) is 30.3 Å². The lowest BCUT2D eigenvalue weighted by Gasteiger charge is -2.44. The maximum absolute atomic E-state index is 12.0. The van der Waals surface area contributed by atoms with Gasteiger partial charge in [-0.05, 0) is 32.8 Å². The second-order valence-corrected chi connectivity index (χ2v) is 5.37. The number of hydrogen-bond acceptors (Lipinski definition) is 2. The van der Waals surface area contributed by atoms with Gasteiger partial charge < -0.3 is 0 Å². The number of carbonyl (C=O) groups excluding carboxylic acids is 1. The standard InChI is InChI=1S/C15H21NO/c1-12(13-8-5-4-6-9-13)16-11-7-10-14(17)15(16,2)3/h4-6,8-9,12H,7,10-11H2,1-3H3. The number of rotatable bonds is 2. The second kappa shape index (κ2) is 4.61. The molecule has 0 N–H and O–H groups in total. The van der Waals surface area contributed by atoms with E-state index in [1.165, 1.54) is 5.56 Å². The van der Waals surface area contributed by atoms with Crippen molar-refractivity contribution in [2.45, 2.75) is 45.2 Å². The molecule has 1 saturated heterocycles. The SMILES string of the molecule is CC(c1ccccc1)N1CCCC(=O)C1(C)C. The lowest BCUT2D eigenvalue weighted by Crippen LogP contribution is -2.54. The molecule has 1 aromatic rings. The van der Waals surface area contributed by atoms with E-state index in [4.69, 9.17) is 0 Å². The van der Waals surface area contributed by atoms with Gasteiger partial charge >= 0.3 is 0 Å². The average Bonchev–Trinajstić information content (AvgIpc) is 2.33. The van der Waals surface area contributed by atoms with Crippen molar-refractivity contribution in [2.24, 2.45) is 0 Å². The van der Waals surface area contributed by atoms with Gasteiger partial charge in [0.25, 0.3) is 0 Å². The van der Waals surface area contributed by atoms with E-state index in [-0.39, 0.29) is 5.54 Å². The van der Waals surface area contributed by atoms with E-state index in [9.17, 15) is 4.79 Å². The summed E-state index contributed by atoms with van der Waals surface area (Å²) in [4.78, 5) is 14.3. The normalized spacial score (nSPS) is 22.4. The van der Waals surface area contributed by atoms with Gasteiger partial charge in [-0.3, -0.25) is 9.69 Å². The molecule has 1 atom stereocenters. The van der Waals surface area contributed by atoms with Crippen molar-refractivity contribution in [2.75, 3.05) is 6.54 Å². The van der Waals surface area contributed by atoms with Crippen molar-refractivity contribution in [1.29, 1.82) is 0 Å². The van der Waals surface area contributed by atoms with Gasteiger partial charge in [-0.2, -0.15) is 0 Å². The first-order valence-corrected chi connectivity index (χ1v) is 6.38. The summed E-state index contributed by atoms with van der Waals surface area (Å²) in [7, 11) is 0. The van der Waals surface area contributed by atoms with E-state index < -0.39 is 0 Å². The van der Waals surface area contributed by atoms with Crippen LogP contribution in [0.3, 0.4) is 0 Å². The van der Waals surface area contributed by atoms with Gasteiger partial charge in [-0.25, -0.2) is 0 Å². The smallest absolute Gasteiger partial charge is 0.152 e. The van der Waals surface area contributed by atoms with Crippen LogP contribution in [0.5, 0.6) is 0 Å². The number of benzene rings is 1. The third-order valence-corrected chi connectivity index (χ3v) is 3.95. The van der Waals surface area contributed by atoms with Gasteiger partial charge in [-0.1, -0.05) is 30.3 Å². The Balaban J connectivity index is 2.24. The van der Waals surface area contributed by atoms with Crippen LogP contribution >= 0.6 is 0 Å². The molecule has 1 unspecified atom stereocenters. The third-order valence-electron chi connectivity index (χ3n) is 3.95. The summed E-state index contributed by atoms with van der Waals surface area (Å²) in [6, 6.07) is 10.7. The molecule has 0 saturated carbocycles. The van der Waals surface area contributed by atoms with Crippen molar-refractivity contribution in [3.8, 4) is 0 Å². The van der Waals surface area contributed by atoms with Crippen LogP contribution in [-0.2, 0) is 4.79 Å². The summed E-state index contributed by atoms with van der Waals surface area (Å²) >= 11 is 0. The van der Waals surface area contributed by atoms with Gasteiger partial charge in [0.15, 0.2) is 5.78 Å². The number of ketones is 1. The van der Waals surface area contributed by atoms with Crippen molar-refractivity contribution < 1.29 is 4.79 Å². The van der Waals surface area contributed by atoms with E-state index in [1.54, 1.807) is 0 Å². The molecule has 1 aromatic carbocycles. The molecule has 2 nitrogen and oxygen atoms in total. The van der Waals surface area contributed by atoms with Gasteiger partial charge in [0.1, 0.15) is 0 Å². The van der Waals surface area contributed by atoms with Gasteiger partial charge in [0.2, 0.25) is 0 Å². The number of carbonyl (C=O) groups is 1. The molecule has 2 heteroatoms. The molecule has 1 fully saturated rings. The highest BCUT2D eigenvalue weighted by molar-refractivity contribution is 5.88. The van der Waals surface area contributed by atoms with E-state index in [2.05, 4.69) is 36.1 Å². The Morgan fingerprint density at radius 2 is 1.88 bits per heavy atom. The third kappa shape index (κ3) is 2.27. The molecule has 0 amide bonds. The van der Waals surface area contributed by atoms with Gasteiger partial charge in [-0.15, -0.1) is 0 Å². The predicted molar refractivity (Wildman–Crippen MR) is 69.9 cm³/mol. The lowest BCUT2D eigenvalue weighted by atomic mass is 9.86. The Labute approximate surface area is 104 Å². The van der Waals surface area contributed by atoms with Gasteiger partial charge in [0, 0.05) is 19.0 Å². The summed E-state index contributed by atoms with van der Waals surface area (Å²) in [6.07, 6.45) is 1.71. The summed E-state index contributed by atoms with van der Waals surface area (Å²) < 4.78 is 0. The fourth-order valence-electron chi connectivity index (χ4n) is 2.74. The zero-order valence-corrected chi connectivity index (χ0v) is 10.9. The Morgan fingerprint density at radius 1 is 1.24 bits per heavy atom. The van der Waals surface area contributed by atoms with Crippen molar-refractivity contribution in [1.82, 2.24) is 4.90 Å². The molecular formula is C15H21NO. The van der Waals surface area contributed by atoms with Crippen molar-refractivity contribution in [3.05, 3.63) is 35.9 Å². The predicted octanol–water partition coefficient (Wildman–Crippen LogP) is 3.19. The minimum Gasteiger partial charge on any atom is -0.298 e. The topological polar surface area (TPSA) is 20.3 Å². The molecule has 1 heterocycles. The molecule has 0 aliphatic carbocycles. The number of nitrogens with zero attached hydrogens (tertiary/aromatic N) is 1. The number of likely N-dealkylation sites (tertiary alicyclic amines) is 1. The molecule has 1 aliphatic heterocycles. The molecule has 92 valence electrons. The van der Waals surface area contributed by atoms with Crippen molar-refractivity contribution in [3.63, 3.8) is 0 Å². The fourth-order valence-corrected chi connectivity index (χ4v) is 2.74. The average molecular weight is 231 g/mol. The molecule has 2 rings (SSSR count). The Bertz CT molecular complexity index is 397. The zero-order chi connectivity index (χ0) is 12.5. The van der Waals surface area contributed by atoms with E-state index in [1.807, 2.05) is 19.9 Å². The Hall–Kier alpha value is -1.15. The van der Waals surface area contributed by atoms with E-state index in [0.717, 1.165) is 19.4 Å². The highest BCUT2D eigenvalue weighted by Crippen LogP contribution is 2.32. The molecule has 17 heavy (non-hydrogen) atoms. The molecule has 0 radical (unpaired) electrons. The maximum atomic E-state index is 12.0. The van der Waals surface area contributed by atoms with Crippen LogP contribution < -0.4 is 0 Å². The molecule has 0 bridgehead atoms. The monoisotopic (exact) mass is 231 g/mol.